The van der Waals surface area contributed by atoms with Crippen molar-refractivity contribution < 1.29 is 4.79 Å². The minimum absolute atomic E-state index is 0.175. The Bertz CT molecular complexity index is 600. The number of aromatic nitrogens is 2. The van der Waals surface area contributed by atoms with Crippen LogP contribution in [0.1, 0.15) is 44.2 Å². The number of rotatable bonds is 3. The zero-order valence-corrected chi connectivity index (χ0v) is 14.0. The summed E-state index contributed by atoms with van der Waals surface area (Å²) in [6, 6.07) is 0. The van der Waals surface area contributed by atoms with Gasteiger partial charge in [0.1, 0.15) is 5.82 Å². The Hall–Kier alpha value is -1.65. The van der Waals surface area contributed by atoms with Crippen LogP contribution in [-0.2, 0) is 4.79 Å². The van der Waals surface area contributed by atoms with Gasteiger partial charge in [-0.15, -0.1) is 0 Å². The number of hydrogen-bond donors (Lipinski definition) is 0. The SMILES string of the molecule is Cc1nccnc1N1CC[C@]2(CCCN(CC3CCC3)C2=O)C1. The van der Waals surface area contributed by atoms with Crippen molar-refractivity contribution in [3.63, 3.8) is 0 Å². The largest absolute Gasteiger partial charge is 0.354 e. The Kier molecular flexibility index (Phi) is 3.74. The Morgan fingerprint density at radius 3 is 2.74 bits per heavy atom. The molecule has 0 radical (unpaired) electrons. The van der Waals surface area contributed by atoms with Gasteiger partial charge >= 0.3 is 0 Å². The average molecular weight is 314 g/mol. The third kappa shape index (κ3) is 2.60. The van der Waals surface area contributed by atoms with Gasteiger partial charge in [-0.2, -0.15) is 0 Å². The first-order valence-electron chi connectivity index (χ1n) is 9.00. The maximum atomic E-state index is 13.2. The van der Waals surface area contributed by atoms with Crippen molar-refractivity contribution in [2.75, 3.05) is 31.1 Å². The smallest absolute Gasteiger partial charge is 0.230 e. The average Bonchev–Trinajstić information content (AvgIpc) is 2.93. The molecule has 5 heteroatoms. The molecule has 5 nitrogen and oxygen atoms in total. The maximum absolute atomic E-state index is 13.2. The highest BCUT2D eigenvalue weighted by Gasteiger charge is 2.49. The summed E-state index contributed by atoms with van der Waals surface area (Å²) in [6.45, 7) is 5.68. The van der Waals surface area contributed by atoms with Gasteiger partial charge in [0.15, 0.2) is 0 Å². The van der Waals surface area contributed by atoms with Crippen molar-refractivity contribution in [1.82, 2.24) is 14.9 Å². The quantitative estimate of drug-likeness (QED) is 0.859. The predicted octanol–water partition coefficient (Wildman–Crippen LogP) is 2.40. The molecule has 2 aliphatic heterocycles. The van der Waals surface area contributed by atoms with Gasteiger partial charge in [-0.1, -0.05) is 6.42 Å². The monoisotopic (exact) mass is 314 g/mol. The molecule has 3 fully saturated rings. The van der Waals surface area contributed by atoms with Crippen molar-refractivity contribution in [1.29, 1.82) is 0 Å². The van der Waals surface area contributed by atoms with Crippen molar-refractivity contribution in [2.45, 2.75) is 45.4 Å². The predicted molar refractivity (Wildman–Crippen MR) is 89.2 cm³/mol. The van der Waals surface area contributed by atoms with E-state index in [0.717, 1.165) is 62.9 Å². The van der Waals surface area contributed by atoms with E-state index in [1.807, 2.05) is 6.92 Å². The first-order chi connectivity index (χ1) is 11.2. The number of anilines is 1. The van der Waals surface area contributed by atoms with Crippen LogP contribution in [0.15, 0.2) is 12.4 Å². The molecule has 0 N–H and O–H groups in total. The third-order valence-corrected chi connectivity index (χ3v) is 6.04. The molecule has 1 aromatic heterocycles. The van der Waals surface area contributed by atoms with E-state index in [9.17, 15) is 4.79 Å². The summed E-state index contributed by atoms with van der Waals surface area (Å²) >= 11 is 0. The fourth-order valence-electron chi connectivity index (χ4n) is 4.46. The number of aryl methyl sites for hydroxylation is 1. The lowest BCUT2D eigenvalue weighted by molar-refractivity contribution is -0.146. The Morgan fingerprint density at radius 1 is 1.17 bits per heavy atom. The van der Waals surface area contributed by atoms with Crippen LogP contribution in [0, 0.1) is 18.3 Å². The summed E-state index contributed by atoms with van der Waals surface area (Å²) in [7, 11) is 0. The second-order valence-corrected chi connectivity index (χ2v) is 7.57. The molecule has 4 rings (SSSR count). The fourth-order valence-corrected chi connectivity index (χ4v) is 4.46. The van der Waals surface area contributed by atoms with Crippen LogP contribution < -0.4 is 4.90 Å². The molecule has 1 atom stereocenters. The zero-order chi connectivity index (χ0) is 15.9. The highest BCUT2D eigenvalue weighted by molar-refractivity contribution is 5.85. The molecule has 0 unspecified atom stereocenters. The maximum Gasteiger partial charge on any atom is 0.230 e. The van der Waals surface area contributed by atoms with Crippen molar-refractivity contribution in [3.05, 3.63) is 18.1 Å². The van der Waals surface area contributed by atoms with Crippen LogP contribution >= 0.6 is 0 Å². The summed E-state index contributed by atoms with van der Waals surface area (Å²) in [6.07, 6.45) is 10.6. The molecule has 124 valence electrons. The van der Waals surface area contributed by atoms with Crippen LogP contribution in [0.5, 0.6) is 0 Å². The molecule has 0 aromatic carbocycles. The normalized spacial score (nSPS) is 28.5. The van der Waals surface area contributed by atoms with Crippen LogP contribution in [0.25, 0.3) is 0 Å². The topological polar surface area (TPSA) is 49.3 Å². The summed E-state index contributed by atoms with van der Waals surface area (Å²) in [5, 5.41) is 0. The number of carbonyl (C=O) groups is 1. The summed E-state index contributed by atoms with van der Waals surface area (Å²) < 4.78 is 0. The lowest BCUT2D eigenvalue weighted by atomic mass is 9.77. The first kappa shape index (κ1) is 14.9. The minimum Gasteiger partial charge on any atom is -0.354 e. The van der Waals surface area contributed by atoms with E-state index in [1.165, 1.54) is 19.3 Å². The van der Waals surface area contributed by atoms with Crippen LogP contribution in [0.2, 0.25) is 0 Å². The molecule has 2 saturated heterocycles. The molecular weight excluding hydrogens is 288 g/mol. The Morgan fingerprint density at radius 2 is 2.00 bits per heavy atom. The molecule has 1 aromatic rings. The summed E-state index contributed by atoms with van der Waals surface area (Å²) in [4.78, 5) is 26.4. The molecule has 3 heterocycles. The van der Waals surface area contributed by atoms with Crippen LogP contribution in [-0.4, -0.2) is 47.0 Å². The fraction of sp³-hybridized carbons (Fsp3) is 0.722. The van der Waals surface area contributed by atoms with E-state index in [-0.39, 0.29) is 5.41 Å². The van der Waals surface area contributed by atoms with Crippen molar-refractivity contribution >= 4 is 11.7 Å². The third-order valence-electron chi connectivity index (χ3n) is 6.04. The van der Waals surface area contributed by atoms with E-state index in [2.05, 4.69) is 19.8 Å². The molecule has 1 amide bonds. The summed E-state index contributed by atoms with van der Waals surface area (Å²) in [5.74, 6) is 2.11. The van der Waals surface area contributed by atoms with Gasteiger partial charge in [0.05, 0.1) is 11.1 Å². The van der Waals surface area contributed by atoms with Gasteiger partial charge in [0.2, 0.25) is 5.91 Å². The minimum atomic E-state index is -0.175. The van der Waals surface area contributed by atoms with E-state index in [4.69, 9.17) is 0 Å². The number of likely N-dealkylation sites (tertiary alicyclic amines) is 1. The van der Waals surface area contributed by atoms with Gasteiger partial charge in [0, 0.05) is 38.6 Å². The number of amides is 1. The van der Waals surface area contributed by atoms with Gasteiger partial charge < -0.3 is 9.80 Å². The van der Waals surface area contributed by atoms with E-state index < -0.39 is 0 Å². The Balaban J connectivity index is 1.49. The number of hydrogen-bond acceptors (Lipinski definition) is 4. The zero-order valence-electron chi connectivity index (χ0n) is 14.0. The van der Waals surface area contributed by atoms with E-state index in [1.54, 1.807) is 12.4 Å². The van der Waals surface area contributed by atoms with Gasteiger partial charge in [-0.25, -0.2) is 4.98 Å². The molecular formula is C18H26N4O. The number of nitrogens with zero attached hydrogens (tertiary/aromatic N) is 4. The van der Waals surface area contributed by atoms with Crippen LogP contribution in [0.4, 0.5) is 5.82 Å². The standard InChI is InChI=1S/C18H26N4O/c1-14-16(20-9-8-19-14)22-11-7-18(13-22)6-3-10-21(17(18)23)12-15-4-2-5-15/h8-9,15H,2-7,10-13H2,1H3/t18-/m1/s1. The lowest BCUT2D eigenvalue weighted by Gasteiger charge is -2.42. The molecule has 1 saturated carbocycles. The highest BCUT2D eigenvalue weighted by Crippen LogP contribution is 2.42. The van der Waals surface area contributed by atoms with Gasteiger partial charge in [-0.3, -0.25) is 9.78 Å². The first-order valence-corrected chi connectivity index (χ1v) is 9.00. The van der Waals surface area contributed by atoms with Crippen molar-refractivity contribution in [3.8, 4) is 0 Å². The highest BCUT2D eigenvalue weighted by atomic mass is 16.2. The van der Waals surface area contributed by atoms with E-state index in [0.29, 0.717) is 5.91 Å². The summed E-state index contributed by atoms with van der Waals surface area (Å²) in [5.41, 5.74) is 0.783. The Labute approximate surface area is 138 Å². The molecule has 23 heavy (non-hydrogen) atoms. The second kappa shape index (κ2) is 5.77. The lowest BCUT2D eigenvalue weighted by Crippen LogP contribution is -2.51. The molecule has 1 spiro atoms. The molecule has 0 bridgehead atoms. The van der Waals surface area contributed by atoms with Gasteiger partial charge in [0.25, 0.3) is 0 Å². The van der Waals surface area contributed by atoms with Crippen molar-refractivity contribution in [2.24, 2.45) is 11.3 Å². The molecule has 3 aliphatic rings. The number of piperidine rings is 1. The molecule has 1 aliphatic carbocycles. The van der Waals surface area contributed by atoms with Crippen LogP contribution in [0.3, 0.4) is 0 Å². The number of carbonyl (C=O) groups excluding carboxylic acids is 1. The van der Waals surface area contributed by atoms with Gasteiger partial charge in [-0.05, 0) is 44.9 Å². The van der Waals surface area contributed by atoms with E-state index >= 15 is 0 Å². The second-order valence-electron chi connectivity index (χ2n) is 7.57.